The molecule has 1 heterocycles. The summed E-state index contributed by atoms with van der Waals surface area (Å²) in [5.74, 6) is -1.36. The topological polar surface area (TPSA) is 39.2 Å². The summed E-state index contributed by atoms with van der Waals surface area (Å²) in [4.78, 5) is 0. The molecule has 1 aromatic carbocycles. The minimum absolute atomic E-state index is 0.0541. The molecule has 0 spiro atoms. The summed E-state index contributed by atoms with van der Waals surface area (Å²) in [5, 5.41) is 0.542. The highest BCUT2D eigenvalue weighted by Crippen LogP contribution is 2.27. The molecule has 86 valence electrons. The summed E-state index contributed by atoms with van der Waals surface area (Å²) in [7, 11) is 0. The number of nitrogens with two attached hydrogens (primary N) is 1. The first-order valence-corrected chi connectivity index (χ1v) is 5.26. The third-order valence-corrected chi connectivity index (χ3v) is 2.56. The molecule has 16 heavy (non-hydrogen) atoms. The molecule has 2 nitrogen and oxygen atoms in total. The maximum atomic E-state index is 13.4. The first kappa shape index (κ1) is 11.1. The molecule has 0 bridgehead atoms. The molecule has 2 aromatic rings. The van der Waals surface area contributed by atoms with Crippen LogP contribution in [-0.4, -0.2) is 0 Å². The first-order valence-electron chi connectivity index (χ1n) is 5.26. The van der Waals surface area contributed by atoms with Crippen LogP contribution in [0.4, 0.5) is 8.78 Å². The van der Waals surface area contributed by atoms with Gasteiger partial charge in [-0.05, 0) is 24.6 Å². The van der Waals surface area contributed by atoms with E-state index in [1.165, 1.54) is 6.07 Å². The molecule has 4 heteroatoms. The van der Waals surface area contributed by atoms with Crippen molar-refractivity contribution in [3.8, 4) is 0 Å². The van der Waals surface area contributed by atoms with Crippen molar-refractivity contribution in [3.05, 3.63) is 35.6 Å². The number of hydrogen-bond acceptors (Lipinski definition) is 2. The van der Waals surface area contributed by atoms with E-state index in [-0.39, 0.29) is 11.6 Å². The number of halogens is 2. The quantitative estimate of drug-likeness (QED) is 0.868. The minimum atomic E-state index is -0.951. The van der Waals surface area contributed by atoms with Crippen molar-refractivity contribution < 1.29 is 13.2 Å². The van der Waals surface area contributed by atoms with Crippen molar-refractivity contribution in [2.75, 3.05) is 0 Å². The third kappa shape index (κ3) is 1.80. The van der Waals surface area contributed by atoms with E-state index in [0.717, 1.165) is 18.9 Å². The van der Waals surface area contributed by atoms with Gasteiger partial charge < -0.3 is 10.2 Å². The standard InChI is InChI=1S/C12H13F2NO/c1-2-3-9(15)10-6-7-4-5-8(13)11(14)12(7)16-10/h4-6,9H,2-3,15H2,1H3/t9-/m1/s1. The average molecular weight is 225 g/mol. The monoisotopic (exact) mass is 225 g/mol. The summed E-state index contributed by atoms with van der Waals surface area (Å²) >= 11 is 0. The smallest absolute Gasteiger partial charge is 0.201 e. The van der Waals surface area contributed by atoms with Crippen LogP contribution in [0.3, 0.4) is 0 Å². The van der Waals surface area contributed by atoms with Gasteiger partial charge in [0.1, 0.15) is 5.76 Å². The summed E-state index contributed by atoms with van der Waals surface area (Å²) in [6.07, 6.45) is 1.67. The van der Waals surface area contributed by atoms with Gasteiger partial charge >= 0.3 is 0 Å². The van der Waals surface area contributed by atoms with Gasteiger partial charge in [-0.3, -0.25) is 0 Å². The van der Waals surface area contributed by atoms with Gasteiger partial charge in [0.05, 0.1) is 6.04 Å². The number of furan rings is 1. The van der Waals surface area contributed by atoms with E-state index in [2.05, 4.69) is 0 Å². The first-order chi connectivity index (χ1) is 7.63. The lowest BCUT2D eigenvalue weighted by Crippen LogP contribution is -2.08. The Morgan fingerprint density at radius 3 is 2.81 bits per heavy atom. The molecule has 0 saturated heterocycles. The zero-order valence-corrected chi connectivity index (χ0v) is 8.97. The summed E-state index contributed by atoms with van der Waals surface area (Å²) in [6, 6.07) is 3.97. The lowest BCUT2D eigenvalue weighted by molar-refractivity contribution is 0.449. The molecule has 2 rings (SSSR count). The van der Waals surface area contributed by atoms with E-state index >= 15 is 0 Å². The van der Waals surface area contributed by atoms with Gasteiger partial charge in [0, 0.05) is 5.39 Å². The number of fused-ring (bicyclic) bond motifs is 1. The maximum Gasteiger partial charge on any atom is 0.201 e. The number of hydrogen-bond donors (Lipinski definition) is 1. The Labute approximate surface area is 92.0 Å². The van der Waals surface area contributed by atoms with Crippen molar-refractivity contribution in [1.82, 2.24) is 0 Å². The summed E-state index contributed by atoms with van der Waals surface area (Å²) in [5.41, 5.74) is 5.79. The van der Waals surface area contributed by atoms with Crippen LogP contribution in [-0.2, 0) is 0 Å². The molecule has 0 unspecified atom stereocenters. The zero-order chi connectivity index (χ0) is 11.7. The van der Waals surface area contributed by atoms with E-state index in [9.17, 15) is 8.78 Å². The average Bonchev–Trinajstić information content (AvgIpc) is 2.69. The zero-order valence-electron chi connectivity index (χ0n) is 8.97. The predicted molar refractivity (Wildman–Crippen MR) is 58.0 cm³/mol. The molecule has 2 N–H and O–H groups in total. The highest BCUT2D eigenvalue weighted by atomic mass is 19.2. The molecule has 0 amide bonds. The Hall–Kier alpha value is -1.42. The Bertz CT molecular complexity index is 507. The van der Waals surface area contributed by atoms with Crippen LogP contribution >= 0.6 is 0 Å². The minimum Gasteiger partial charge on any atom is -0.456 e. The van der Waals surface area contributed by atoms with Crippen LogP contribution in [0.25, 0.3) is 11.0 Å². The molecule has 1 aromatic heterocycles. The van der Waals surface area contributed by atoms with Crippen molar-refractivity contribution in [2.45, 2.75) is 25.8 Å². The second kappa shape index (κ2) is 4.22. The summed E-state index contributed by atoms with van der Waals surface area (Å²) in [6.45, 7) is 2.00. The van der Waals surface area contributed by atoms with Crippen LogP contribution in [0, 0.1) is 11.6 Å². The van der Waals surface area contributed by atoms with E-state index < -0.39 is 11.6 Å². The molecule has 1 atom stereocenters. The third-order valence-electron chi connectivity index (χ3n) is 2.56. The Kier molecular flexibility index (Phi) is 2.92. The summed E-state index contributed by atoms with van der Waals surface area (Å²) < 4.78 is 31.5. The lowest BCUT2D eigenvalue weighted by atomic mass is 10.1. The molecular weight excluding hydrogens is 212 g/mol. The Morgan fingerprint density at radius 2 is 2.12 bits per heavy atom. The predicted octanol–water partition coefficient (Wildman–Crippen LogP) is 3.51. The second-order valence-corrected chi connectivity index (χ2v) is 3.82. The molecule has 0 aliphatic rings. The molecular formula is C12H13F2NO. The van der Waals surface area contributed by atoms with Crippen LogP contribution < -0.4 is 5.73 Å². The van der Waals surface area contributed by atoms with Crippen LogP contribution in [0.15, 0.2) is 22.6 Å². The van der Waals surface area contributed by atoms with E-state index in [1.54, 1.807) is 6.07 Å². The fraction of sp³-hybridized carbons (Fsp3) is 0.333. The molecule has 0 aliphatic carbocycles. The highest BCUT2D eigenvalue weighted by Gasteiger charge is 2.15. The van der Waals surface area contributed by atoms with Crippen molar-refractivity contribution in [2.24, 2.45) is 5.73 Å². The van der Waals surface area contributed by atoms with Crippen molar-refractivity contribution in [3.63, 3.8) is 0 Å². The van der Waals surface area contributed by atoms with Crippen molar-refractivity contribution >= 4 is 11.0 Å². The van der Waals surface area contributed by atoms with Gasteiger partial charge in [0.2, 0.25) is 5.82 Å². The number of rotatable bonds is 3. The van der Waals surface area contributed by atoms with Gasteiger partial charge in [-0.15, -0.1) is 0 Å². The SMILES string of the molecule is CCC[C@@H](N)c1cc2ccc(F)c(F)c2o1. The van der Waals surface area contributed by atoms with E-state index in [1.807, 2.05) is 6.92 Å². The molecule has 0 fully saturated rings. The highest BCUT2D eigenvalue weighted by molar-refractivity contribution is 5.78. The van der Waals surface area contributed by atoms with Gasteiger partial charge in [-0.1, -0.05) is 13.3 Å². The van der Waals surface area contributed by atoms with E-state index in [0.29, 0.717) is 11.1 Å². The molecule has 0 aliphatic heterocycles. The Balaban J connectivity index is 2.48. The van der Waals surface area contributed by atoms with Gasteiger partial charge in [-0.2, -0.15) is 4.39 Å². The van der Waals surface area contributed by atoms with Gasteiger partial charge in [0.25, 0.3) is 0 Å². The fourth-order valence-corrected chi connectivity index (χ4v) is 1.70. The lowest BCUT2D eigenvalue weighted by Gasteiger charge is -2.04. The van der Waals surface area contributed by atoms with Crippen LogP contribution in [0.5, 0.6) is 0 Å². The fourth-order valence-electron chi connectivity index (χ4n) is 1.70. The van der Waals surface area contributed by atoms with Crippen molar-refractivity contribution in [1.29, 1.82) is 0 Å². The normalized spacial score (nSPS) is 13.2. The van der Waals surface area contributed by atoms with Crippen LogP contribution in [0.2, 0.25) is 0 Å². The maximum absolute atomic E-state index is 13.4. The molecule has 0 radical (unpaired) electrons. The van der Waals surface area contributed by atoms with Gasteiger partial charge in [0.15, 0.2) is 11.4 Å². The number of benzene rings is 1. The van der Waals surface area contributed by atoms with Gasteiger partial charge in [-0.25, -0.2) is 4.39 Å². The van der Waals surface area contributed by atoms with E-state index in [4.69, 9.17) is 10.2 Å². The largest absolute Gasteiger partial charge is 0.456 e. The Morgan fingerprint density at radius 1 is 1.38 bits per heavy atom. The molecule has 0 saturated carbocycles. The second-order valence-electron chi connectivity index (χ2n) is 3.82. The van der Waals surface area contributed by atoms with Crippen LogP contribution in [0.1, 0.15) is 31.6 Å².